The topological polar surface area (TPSA) is 15.3 Å². The minimum atomic E-state index is 0.823. The molecular formula is C14H21BrN2. The average molecular weight is 297 g/mol. The Hall–Kier alpha value is -0.540. The van der Waals surface area contributed by atoms with Gasteiger partial charge in [-0.15, -0.1) is 0 Å². The first-order chi connectivity index (χ1) is 8.20. The van der Waals surface area contributed by atoms with Crippen molar-refractivity contribution in [2.45, 2.75) is 26.8 Å². The van der Waals surface area contributed by atoms with Crippen LogP contribution in [0.1, 0.15) is 25.8 Å². The Morgan fingerprint density at radius 2 is 2.29 bits per heavy atom. The SMILES string of the molecule is CCNCc1ccc(N2CCC(C)C2)c(Br)c1. The molecule has 1 heterocycles. The summed E-state index contributed by atoms with van der Waals surface area (Å²) in [7, 11) is 0. The average Bonchev–Trinajstić information content (AvgIpc) is 2.73. The lowest BCUT2D eigenvalue weighted by Crippen LogP contribution is -2.19. The normalized spacial score (nSPS) is 19.9. The fourth-order valence-electron chi connectivity index (χ4n) is 2.34. The second-order valence-corrected chi connectivity index (χ2v) is 5.76. The van der Waals surface area contributed by atoms with Crippen LogP contribution >= 0.6 is 15.9 Å². The van der Waals surface area contributed by atoms with Crippen LogP contribution in [0, 0.1) is 5.92 Å². The molecule has 0 aliphatic carbocycles. The molecule has 2 nitrogen and oxygen atoms in total. The van der Waals surface area contributed by atoms with Gasteiger partial charge in [0.15, 0.2) is 0 Å². The Kier molecular flexibility index (Phi) is 4.46. The number of halogens is 1. The number of anilines is 1. The molecule has 0 aromatic heterocycles. The third-order valence-electron chi connectivity index (χ3n) is 3.36. The Morgan fingerprint density at radius 3 is 2.88 bits per heavy atom. The van der Waals surface area contributed by atoms with E-state index in [0.29, 0.717) is 0 Å². The van der Waals surface area contributed by atoms with E-state index in [-0.39, 0.29) is 0 Å². The Bertz CT molecular complexity index is 378. The van der Waals surface area contributed by atoms with Crippen LogP contribution in [0.5, 0.6) is 0 Å². The van der Waals surface area contributed by atoms with Crippen LogP contribution in [-0.4, -0.2) is 19.6 Å². The molecular weight excluding hydrogens is 276 g/mol. The van der Waals surface area contributed by atoms with Crippen LogP contribution in [-0.2, 0) is 6.54 Å². The highest BCUT2D eigenvalue weighted by molar-refractivity contribution is 9.10. The minimum Gasteiger partial charge on any atom is -0.370 e. The lowest BCUT2D eigenvalue weighted by molar-refractivity contribution is 0.659. The second kappa shape index (κ2) is 5.87. The highest BCUT2D eigenvalue weighted by Crippen LogP contribution is 2.31. The van der Waals surface area contributed by atoms with E-state index in [0.717, 1.165) is 19.0 Å². The van der Waals surface area contributed by atoms with Crippen molar-refractivity contribution in [2.24, 2.45) is 5.92 Å². The van der Waals surface area contributed by atoms with Gasteiger partial charge in [-0.3, -0.25) is 0 Å². The zero-order valence-electron chi connectivity index (χ0n) is 10.7. The third-order valence-corrected chi connectivity index (χ3v) is 3.99. The molecule has 17 heavy (non-hydrogen) atoms. The second-order valence-electron chi connectivity index (χ2n) is 4.91. The number of rotatable bonds is 4. The molecule has 0 saturated carbocycles. The molecule has 1 N–H and O–H groups in total. The summed E-state index contributed by atoms with van der Waals surface area (Å²) >= 11 is 3.70. The number of hydrogen-bond acceptors (Lipinski definition) is 2. The van der Waals surface area contributed by atoms with E-state index >= 15 is 0 Å². The summed E-state index contributed by atoms with van der Waals surface area (Å²) in [5, 5.41) is 3.35. The van der Waals surface area contributed by atoms with Gasteiger partial charge >= 0.3 is 0 Å². The predicted molar refractivity (Wildman–Crippen MR) is 77.5 cm³/mol. The molecule has 1 aromatic rings. The van der Waals surface area contributed by atoms with Crippen LogP contribution in [0.2, 0.25) is 0 Å². The molecule has 1 saturated heterocycles. The molecule has 1 aliphatic rings. The molecule has 1 atom stereocenters. The van der Waals surface area contributed by atoms with Crippen LogP contribution < -0.4 is 10.2 Å². The Labute approximate surface area is 113 Å². The molecule has 1 fully saturated rings. The predicted octanol–water partition coefficient (Wildman–Crippen LogP) is 3.40. The van der Waals surface area contributed by atoms with Gasteiger partial charge in [-0.1, -0.05) is 19.9 Å². The van der Waals surface area contributed by atoms with Crippen molar-refractivity contribution >= 4 is 21.6 Å². The van der Waals surface area contributed by atoms with Gasteiger partial charge < -0.3 is 10.2 Å². The number of nitrogens with zero attached hydrogens (tertiary/aromatic N) is 1. The Balaban J connectivity index is 2.08. The van der Waals surface area contributed by atoms with Crippen LogP contribution in [0.3, 0.4) is 0 Å². The largest absolute Gasteiger partial charge is 0.370 e. The first-order valence-electron chi connectivity index (χ1n) is 6.44. The maximum Gasteiger partial charge on any atom is 0.0510 e. The summed E-state index contributed by atoms with van der Waals surface area (Å²) in [6, 6.07) is 6.71. The molecule has 1 unspecified atom stereocenters. The molecule has 0 bridgehead atoms. The van der Waals surface area contributed by atoms with Crippen molar-refractivity contribution in [3.05, 3.63) is 28.2 Å². The van der Waals surface area contributed by atoms with Crippen molar-refractivity contribution in [2.75, 3.05) is 24.5 Å². The summed E-state index contributed by atoms with van der Waals surface area (Å²) in [6.07, 6.45) is 1.31. The molecule has 0 amide bonds. The molecule has 0 radical (unpaired) electrons. The summed E-state index contributed by atoms with van der Waals surface area (Å²) < 4.78 is 1.22. The van der Waals surface area contributed by atoms with Gasteiger partial charge in [-0.25, -0.2) is 0 Å². The summed E-state index contributed by atoms with van der Waals surface area (Å²) in [6.45, 7) is 8.80. The van der Waals surface area contributed by atoms with Crippen molar-refractivity contribution in [1.82, 2.24) is 5.32 Å². The monoisotopic (exact) mass is 296 g/mol. The summed E-state index contributed by atoms with van der Waals surface area (Å²) in [5.74, 6) is 0.823. The van der Waals surface area contributed by atoms with E-state index in [1.54, 1.807) is 0 Å². The maximum atomic E-state index is 3.70. The fourth-order valence-corrected chi connectivity index (χ4v) is 3.02. The van der Waals surface area contributed by atoms with E-state index in [1.807, 2.05) is 0 Å². The van der Waals surface area contributed by atoms with Crippen LogP contribution in [0.25, 0.3) is 0 Å². The summed E-state index contributed by atoms with van der Waals surface area (Å²) in [4.78, 5) is 2.48. The number of nitrogens with one attached hydrogen (secondary N) is 1. The molecule has 1 aliphatic heterocycles. The standard InChI is InChI=1S/C14H21BrN2/c1-3-16-9-12-4-5-14(13(15)8-12)17-7-6-11(2)10-17/h4-5,8,11,16H,3,6-7,9-10H2,1-2H3. The molecule has 3 heteroatoms. The lowest BCUT2D eigenvalue weighted by Gasteiger charge is -2.20. The van der Waals surface area contributed by atoms with Gasteiger partial charge in [0.1, 0.15) is 0 Å². The van der Waals surface area contributed by atoms with Crippen molar-refractivity contribution in [1.29, 1.82) is 0 Å². The van der Waals surface area contributed by atoms with Gasteiger partial charge in [-0.2, -0.15) is 0 Å². The maximum absolute atomic E-state index is 3.70. The molecule has 1 aromatic carbocycles. The van der Waals surface area contributed by atoms with E-state index in [1.165, 1.54) is 35.2 Å². The minimum absolute atomic E-state index is 0.823. The van der Waals surface area contributed by atoms with E-state index < -0.39 is 0 Å². The summed E-state index contributed by atoms with van der Waals surface area (Å²) in [5.41, 5.74) is 2.68. The fraction of sp³-hybridized carbons (Fsp3) is 0.571. The molecule has 94 valence electrons. The first-order valence-corrected chi connectivity index (χ1v) is 7.24. The van der Waals surface area contributed by atoms with Crippen molar-refractivity contribution in [3.63, 3.8) is 0 Å². The van der Waals surface area contributed by atoms with Crippen LogP contribution in [0.4, 0.5) is 5.69 Å². The van der Waals surface area contributed by atoms with Gasteiger partial charge in [0.25, 0.3) is 0 Å². The number of benzene rings is 1. The molecule has 0 spiro atoms. The molecule has 2 rings (SSSR count). The van der Waals surface area contributed by atoms with Crippen LogP contribution in [0.15, 0.2) is 22.7 Å². The highest BCUT2D eigenvalue weighted by Gasteiger charge is 2.20. The number of hydrogen-bond donors (Lipinski definition) is 1. The first kappa shape index (κ1) is 12.9. The van der Waals surface area contributed by atoms with Gasteiger partial charge in [0.2, 0.25) is 0 Å². The van der Waals surface area contributed by atoms with Crippen molar-refractivity contribution < 1.29 is 0 Å². The van der Waals surface area contributed by atoms with Gasteiger partial charge in [0, 0.05) is 24.1 Å². The highest BCUT2D eigenvalue weighted by atomic mass is 79.9. The van der Waals surface area contributed by atoms with E-state index in [9.17, 15) is 0 Å². The van der Waals surface area contributed by atoms with Gasteiger partial charge in [-0.05, 0) is 52.5 Å². The zero-order valence-corrected chi connectivity index (χ0v) is 12.3. The van der Waals surface area contributed by atoms with E-state index in [4.69, 9.17) is 0 Å². The van der Waals surface area contributed by atoms with Gasteiger partial charge in [0.05, 0.1) is 5.69 Å². The lowest BCUT2D eigenvalue weighted by atomic mass is 10.2. The smallest absolute Gasteiger partial charge is 0.0510 e. The van der Waals surface area contributed by atoms with E-state index in [2.05, 4.69) is 58.2 Å². The quantitative estimate of drug-likeness (QED) is 0.916. The van der Waals surface area contributed by atoms with Crippen molar-refractivity contribution in [3.8, 4) is 0 Å². The zero-order chi connectivity index (χ0) is 12.3. The third kappa shape index (κ3) is 3.23. The Morgan fingerprint density at radius 1 is 1.47 bits per heavy atom.